The molecule has 0 radical (unpaired) electrons. The van der Waals surface area contributed by atoms with Crippen LogP contribution in [0.1, 0.15) is 26.2 Å². The molecule has 6 nitrogen and oxygen atoms in total. The van der Waals surface area contributed by atoms with Crippen molar-refractivity contribution in [2.24, 2.45) is 5.41 Å². The van der Waals surface area contributed by atoms with Crippen molar-refractivity contribution in [3.05, 3.63) is 0 Å². The lowest BCUT2D eigenvalue weighted by atomic mass is 9.76. The van der Waals surface area contributed by atoms with Gasteiger partial charge in [0.15, 0.2) is 0 Å². The summed E-state index contributed by atoms with van der Waals surface area (Å²) in [4.78, 5) is 26.9. The summed E-state index contributed by atoms with van der Waals surface area (Å²) >= 11 is 0. The van der Waals surface area contributed by atoms with Crippen molar-refractivity contribution in [1.82, 2.24) is 15.1 Å². The summed E-state index contributed by atoms with van der Waals surface area (Å²) in [6.07, 6.45) is 1.71. The highest BCUT2D eigenvalue weighted by atomic mass is 16.4. The van der Waals surface area contributed by atoms with E-state index in [0.717, 1.165) is 6.54 Å². The van der Waals surface area contributed by atoms with E-state index in [1.54, 1.807) is 4.90 Å². The average Bonchev–Trinajstić information content (AvgIpc) is 2.38. The van der Waals surface area contributed by atoms with Gasteiger partial charge in [0, 0.05) is 26.2 Å². The van der Waals surface area contributed by atoms with Crippen LogP contribution in [0.2, 0.25) is 0 Å². The summed E-state index contributed by atoms with van der Waals surface area (Å²) in [7, 11) is 3.91. The predicted octanol–water partition coefficient (Wildman–Crippen LogP) is 0.834. The Kier molecular flexibility index (Phi) is 5.60. The van der Waals surface area contributed by atoms with E-state index >= 15 is 0 Å². The summed E-state index contributed by atoms with van der Waals surface area (Å²) in [6.45, 7) is 4.36. The third kappa shape index (κ3) is 4.09. The molecule has 0 atom stereocenters. The topological polar surface area (TPSA) is 72.9 Å². The van der Waals surface area contributed by atoms with Crippen molar-refractivity contribution < 1.29 is 14.7 Å². The van der Waals surface area contributed by atoms with Crippen LogP contribution in [0.25, 0.3) is 0 Å². The summed E-state index contributed by atoms with van der Waals surface area (Å²) in [5.41, 5.74) is -0.638. The number of carboxylic acid groups (broad SMARTS) is 1. The fourth-order valence-electron chi connectivity index (χ4n) is 2.35. The molecule has 0 saturated carbocycles. The Morgan fingerprint density at radius 3 is 2.32 bits per heavy atom. The van der Waals surface area contributed by atoms with Gasteiger partial charge >= 0.3 is 12.0 Å². The van der Waals surface area contributed by atoms with Gasteiger partial charge in [0.1, 0.15) is 0 Å². The molecule has 0 aliphatic carbocycles. The van der Waals surface area contributed by atoms with Gasteiger partial charge in [-0.3, -0.25) is 4.79 Å². The molecule has 6 heteroatoms. The minimum Gasteiger partial charge on any atom is -0.481 e. The van der Waals surface area contributed by atoms with Gasteiger partial charge in [-0.1, -0.05) is 6.92 Å². The minimum atomic E-state index is -0.734. The molecule has 1 saturated heterocycles. The van der Waals surface area contributed by atoms with E-state index in [9.17, 15) is 14.7 Å². The normalized spacial score (nSPS) is 18.4. The molecular weight excluding hydrogens is 246 g/mol. The van der Waals surface area contributed by atoms with Crippen LogP contribution < -0.4 is 5.32 Å². The van der Waals surface area contributed by atoms with E-state index in [2.05, 4.69) is 5.32 Å². The summed E-state index contributed by atoms with van der Waals surface area (Å²) in [5, 5.41) is 12.1. The Bertz CT molecular complexity index is 323. The van der Waals surface area contributed by atoms with E-state index in [1.165, 1.54) is 0 Å². The number of aliphatic carboxylic acids is 1. The smallest absolute Gasteiger partial charge is 0.317 e. The number of nitrogens with one attached hydrogen (secondary N) is 1. The molecule has 19 heavy (non-hydrogen) atoms. The summed E-state index contributed by atoms with van der Waals surface area (Å²) in [6, 6.07) is -0.0862. The number of carboxylic acids is 1. The van der Waals surface area contributed by atoms with Crippen LogP contribution >= 0.6 is 0 Å². The fourth-order valence-corrected chi connectivity index (χ4v) is 2.35. The van der Waals surface area contributed by atoms with Crippen LogP contribution in [0.4, 0.5) is 4.79 Å². The second-order valence-electron chi connectivity index (χ2n) is 5.46. The van der Waals surface area contributed by atoms with Crippen LogP contribution in [0.5, 0.6) is 0 Å². The van der Waals surface area contributed by atoms with Gasteiger partial charge in [-0.15, -0.1) is 0 Å². The minimum absolute atomic E-state index is 0.0862. The number of likely N-dealkylation sites (N-methyl/N-ethyl adjacent to an activating group) is 1. The zero-order valence-electron chi connectivity index (χ0n) is 12.1. The molecule has 1 heterocycles. The fraction of sp³-hybridized carbons (Fsp3) is 0.846. The maximum absolute atomic E-state index is 11.9. The van der Waals surface area contributed by atoms with E-state index < -0.39 is 11.4 Å². The molecule has 110 valence electrons. The Labute approximate surface area is 114 Å². The van der Waals surface area contributed by atoms with Gasteiger partial charge in [0.2, 0.25) is 0 Å². The first-order valence-electron chi connectivity index (χ1n) is 6.82. The van der Waals surface area contributed by atoms with Gasteiger partial charge in [-0.05, 0) is 33.4 Å². The molecule has 2 amide bonds. The van der Waals surface area contributed by atoms with E-state index in [-0.39, 0.29) is 6.03 Å². The highest BCUT2D eigenvalue weighted by Gasteiger charge is 2.40. The highest BCUT2D eigenvalue weighted by molar-refractivity contribution is 5.77. The Balaban J connectivity index is 2.40. The van der Waals surface area contributed by atoms with Gasteiger partial charge in [-0.2, -0.15) is 0 Å². The monoisotopic (exact) mass is 271 g/mol. The number of urea groups is 1. The predicted molar refractivity (Wildman–Crippen MR) is 73.1 cm³/mol. The summed E-state index contributed by atoms with van der Waals surface area (Å²) in [5.74, 6) is -0.734. The molecule has 1 aliphatic heterocycles. The first kappa shape index (κ1) is 15.8. The number of piperidine rings is 1. The Hall–Kier alpha value is -1.30. The molecule has 1 fully saturated rings. The van der Waals surface area contributed by atoms with Gasteiger partial charge < -0.3 is 20.2 Å². The molecule has 0 aromatic rings. The third-order valence-electron chi connectivity index (χ3n) is 3.97. The second kappa shape index (κ2) is 6.75. The number of carbonyl (C=O) groups is 2. The quantitative estimate of drug-likeness (QED) is 0.777. The van der Waals surface area contributed by atoms with E-state index in [0.29, 0.717) is 38.9 Å². The van der Waals surface area contributed by atoms with Crippen LogP contribution in [-0.4, -0.2) is 67.2 Å². The largest absolute Gasteiger partial charge is 0.481 e. The van der Waals surface area contributed by atoms with Gasteiger partial charge in [0.05, 0.1) is 5.41 Å². The van der Waals surface area contributed by atoms with E-state index in [4.69, 9.17) is 0 Å². The first-order chi connectivity index (χ1) is 8.91. The zero-order valence-corrected chi connectivity index (χ0v) is 12.1. The zero-order chi connectivity index (χ0) is 14.5. The Morgan fingerprint density at radius 1 is 1.32 bits per heavy atom. The van der Waals surface area contributed by atoms with Crippen molar-refractivity contribution >= 4 is 12.0 Å². The molecule has 2 N–H and O–H groups in total. The van der Waals surface area contributed by atoms with Crippen LogP contribution in [0, 0.1) is 5.41 Å². The third-order valence-corrected chi connectivity index (χ3v) is 3.97. The molecule has 0 unspecified atom stereocenters. The highest BCUT2D eigenvalue weighted by Crippen LogP contribution is 2.35. The second-order valence-corrected chi connectivity index (χ2v) is 5.46. The maximum atomic E-state index is 11.9. The van der Waals surface area contributed by atoms with Crippen molar-refractivity contribution in [3.63, 3.8) is 0 Å². The van der Waals surface area contributed by atoms with Crippen LogP contribution in [0.3, 0.4) is 0 Å². The van der Waals surface area contributed by atoms with Gasteiger partial charge in [0.25, 0.3) is 0 Å². The number of hydrogen-bond acceptors (Lipinski definition) is 3. The Morgan fingerprint density at radius 2 is 1.89 bits per heavy atom. The van der Waals surface area contributed by atoms with Crippen molar-refractivity contribution in [2.45, 2.75) is 26.2 Å². The van der Waals surface area contributed by atoms with E-state index in [1.807, 2.05) is 25.9 Å². The van der Waals surface area contributed by atoms with Crippen LogP contribution in [-0.2, 0) is 4.79 Å². The van der Waals surface area contributed by atoms with Crippen molar-refractivity contribution in [1.29, 1.82) is 0 Å². The molecule has 0 bridgehead atoms. The van der Waals surface area contributed by atoms with Crippen molar-refractivity contribution in [3.8, 4) is 0 Å². The molecule has 1 rings (SSSR count). The lowest BCUT2D eigenvalue weighted by Crippen LogP contribution is -2.50. The maximum Gasteiger partial charge on any atom is 0.317 e. The standard InChI is InChI=1S/C13H25N3O3/c1-4-13(11(17)18)5-8-16(9-6-13)12(19)14-7-10-15(2)3/h4-10H2,1-3H3,(H,14,19)(H,17,18). The molecular formula is C13H25N3O3. The molecule has 0 aromatic carbocycles. The SMILES string of the molecule is CCC1(C(=O)O)CCN(C(=O)NCCN(C)C)CC1. The lowest BCUT2D eigenvalue weighted by Gasteiger charge is -2.38. The summed E-state index contributed by atoms with van der Waals surface area (Å²) < 4.78 is 0. The molecule has 1 aliphatic rings. The number of likely N-dealkylation sites (tertiary alicyclic amines) is 1. The molecule has 0 spiro atoms. The number of nitrogens with zero attached hydrogens (tertiary/aromatic N) is 2. The number of hydrogen-bond donors (Lipinski definition) is 2. The first-order valence-corrected chi connectivity index (χ1v) is 6.82. The van der Waals surface area contributed by atoms with Crippen molar-refractivity contribution in [2.75, 3.05) is 40.3 Å². The number of amides is 2. The van der Waals surface area contributed by atoms with Gasteiger partial charge in [-0.25, -0.2) is 4.79 Å². The lowest BCUT2D eigenvalue weighted by molar-refractivity contribution is -0.151. The molecule has 0 aromatic heterocycles. The average molecular weight is 271 g/mol. The number of carbonyl (C=O) groups excluding carboxylic acids is 1. The van der Waals surface area contributed by atoms with Crippen LogP contribution in [0.15, 0.2) is 0 Å². The number of rotatable bonds is 5.